The van der Waals surface area contributed by atoms with Gasteiger partial charge in [-0.2, -0.15) is 5.26 Å². The van der Waals surface area contributed by atoms with Crippen LogP contribution in [0.15, 0.2) is 34.8 Å². The fourth-order valence-electron chi connectivity index (χ4n) is 3.44. The van der Waals surface area contributed by atoms with Crippen LogP contribution in [0.2, 0.25) is 5.02 Å². The van der Waals surface area contributed by atoms with Crippen molar-refractivity contribution in [2.75, 3.05) is 6.61 Å². The molecule has 6 nitrogen and oxygen atoms in total. The Morgan fingerprint density at radius 2 is 2.26 bits per heavy atom. The minimum atomic E-state index is -0.770. The summed E-state index contributed by atoms with van der Waals surface area (Å²) in [6.07, 6.45) is 2.07. The number of thiazole rings is 1. The van der Waals surface area contributed by atoms with Gasteiger partial charge in [0, 0.05) is 26.2 Å². The standard InChI is InChI=1S/C22H26ClN3O3S2/c1-21(2,3)29-20(27)26-16(12-28-22(26,4)5)9-18(19-11-25-13-30-19)31-17-7-6-15(23)8-14(17)10-24/h6-8,11,13,16,18H,9,12H2,1-5H3. The van der Waals surface area contributed by atoms with Gasteiger partial charge in [-0.1, -0.05) is 11.6 Å². The summed E-state index contributed by atoms with van der Waals surface area (Å²) in [5, 5.41) is 10.0. The summed E-state index contributed by atoms with van der Waals surface area (Å²) in [4.78, 5) is 20.8. The number of thioether (sulfide) groups is 1. The summed E-state index contributed by atoms with van der Waals surface area (Å²) >= 11 is 9.19. The lowest BCUT2D eigenvalue weighted by Crippen LogP contribution is -2.50. The Hall–Kier alpha value is -1.79. The normalized spacial score (nSPS) is 19.1. The smallest absolute Gasteiger partial charge is 0.412 e. The molecule has 1 aliphatic heterocycles. The van der Waals surface area contributed by atoms with Crippen LogP contribution in [-0.4, -0.2) is 40.0 Å². The molecule has 166 valence electrons. The minimum Gasteiger partial charge on any atom is -0.444 e. The van der Waals surface area contributed by atoms with E-state index in [4.69, 9.17) is 21.1 Å². The highest BCUT2D eigenvalue weighted by Gasteiger charge is 2.46. The van der Waals surface area contributed by atoms with E-state index in [9.17, 15) is 10.1 Å². The van der Waals surface area contributed by atoms with Gasteiger partial charge in [0.2, 0.25) is 0 Å². The SMILES string of the molecule is CC(C)(C)OC(=O)N1C(CC(Sc2ccc(Cl)cc2C#N)c2cncs2)COC1(C)C. The van der Waals surface area contributed by atoms with Gasteiger partial charge in [0.15, 0.2) is 0 Å². The summed E-state index contributed by atoms with van der Waals surface area (Å²) in [5.41, 5.74) is 0.945. The van der Waals surface area contributed by atoms with Gasteiger partial charge >= 0.3 is 6.09 Å². The highest BCUT2D eigenvalue weighted by Crippen LogP contribution is 2.44. The molecule has 1 saturated heterocycles. The third-order valence-corrected chi connectivity index (χ3v) is 7.36. The lowest BCUT2D eigenvalue weighted by Gasteiger charge is -2.36. The van der Waals surface area contributed by atoms with Crippen molar-refractivity contribution in [1.82, 2.24) is 9.88 Å². The van der Waals surface area contributed by atoms with E-state index in [0.717, 1.165) is 9.77 Å². The first-order valence-corrected chi connectivity index (χ1v) is 12.0. The van der Waals surface area contributed by atoms with Crippen LogP contribution >= 0.6 is 34.7 Å². The van der Waals surface area contributed by atoms with Crippen LogP contribution in [0.4, 0.5) is 4.79 Å². The third kappa shape index (κ3) is 5.92. The van der Waals surface area contributed by atoms with Gasteiger partial charge in [-0.3, -0.25) is 9.88 Å². The van der Waals surface area contributed by atoms with Gasteiger partial charge in [-0.25, -0.2) is 4.79 Å². The van der Waals surface area contributed by atoms with Crippen LogP contribution < -0.4 is 0 Å². The Kier molecular flexibility index (Phi) is 7.21. The number of ether oxygens (including phenoxy) is 2. The zero-order chi connectivity index (χ0) is 22.8. The first-order valence-electron chi connectivity index (χ1n) is 9.91. The summed E-state index contributed by atoms with van der Waals surface area (Å²) in [5.74, 6) is 0. The predicted octanol–water partition coefficient (Wildman–Crippen LogP) is 6.26. The summed E-state index contributed by atoms with van der Waals surface area (Å²) in [6.45, 7) is 9.71. The van der Waals surface area contributed by atoms with Crippen molar-refractivity contribution in [3.8, 4) is 6.07 Å². The minimum absolute atomic E-state index is 0.0202. The number of amides is 1. The Bertz CT molecular complexity index is 967. The third-order valence-electron chi connectivity index (χ3n) is 4.75. The fourth-order valence-corrected chi connectivity index (χ4v) is 5.71. The quantitative estimate of drug-likeness (QED) is 0.471. The van der Waals surface area contributed by atoms with E-state index in [0.29, 0.717) is 23.6 Å². The molecule has 0 bridgehead atoms. The number of nitriles is 1. The van der Waals surface area contributed by atoms with Gasteiger partial charge in [0.05, 0.1) is 23.7 Å². The zero-order valence-corrected chi connectivity index (χ0v) is 20.6. The first kappa shape index (κ1) is 23.9. The van der Waals surface area contributed by atoms with E-state index in [1.807, 2.05) is 46.9 Å². The van der Waals surface area contributed by atoms with Crippen molar-refractivity contribution in [2.45, 2.75) is 68.6 Å². The number of benzene rings is 1. The van der Waals surface area contributed by atoms with Gasteiger partial charge in [0.25, 0.3) is 0 Å². The maximum absolute atomic E-state index is 13.0. The summed E-state index contributed by atoms with van der Waals surface area (Å²) in [6, 6.07) is 7.35. The van der Waals surface area contributed by atoms with E-state index in [1.165, 1.54) is 0 Å². The monoisotopic (exact) mass is 479 g/mol. The maximum atomic E-state index is 13.0. The summed E-state index contributed by atoms with van der Waals surface area (Å²) < 4.78 is 11.6. The Balaban J connectivity index is 1.88. The molecule has 1 fully saturated rings. The number of hydrogen-bond donors (Lipinski definition) is 0. The van der Waals surface area contributed by atoms with Crippen LogP contribution in [0.5, 0.6) is 0 Å². The number of nitrogens with zero attached hydrogens (tertiary/aromatic N) is 3. The molecule has 1 aromatic carbocycles. The van der Waals surface area contributed by atoms with E-state index in [-0.39, 0.29) is 11.3 Å². The molecule has 1 aromatic heterocycles. The van der Waals surface area contributed by atoms with Crippen LogP contribution in [0.1, 0.15) is 56.7 Å². The Morgan fingerprint density at radius 3 is 2.87 bits per heavy atom. The fraction of sp³-hybridized carbons (Fsp3) is 0.500. The molecule has 0 spiro atoms. The highest BCUT2D eigenvalue weighted by atomic mass is 35.5. The molecule has 1 aliphatic rings. The van der Waals surface area contributed by atoms with E-state index < -0.39 is 17.4 Å². The second-order valence-electron chi connectivity index (χ2n) is 8.76. The van der Waals surface area contributed by atoms with Crippen LogP contribution in [0.3, 0.4) is 0 Å². The molecule has 3 rings (SSSR count). The number of aromatic nitrogens is 1. The summed E-state index contributed by atoms with van der Waals surface area (Å²) in [7, 11) is 0. The number of carbonyl (C=O) groups is 1. The van der Waals surface area contributed by atoms with E-state index in [1.54, 1.807) is 45.6 Å². The molecule has 0 aliphatic carbocycles. The van der Waals surface area contributed by atoms with Gasteiger partial charge in [-0.05, 0) is 59.2 Å². The average molecular weight is 480 g/mol. The van der Waals surface area contributed by atoms with Crippen LogP contribution in [0, 0.1) is 11.3 Å². The second-order valence-corrected chi connectivity index (χ2v) is 11.4. The number of rotatable bonds is 5. The highest BCUT2D eigenvalue weighted by molar-refractivity contribution is 7.99. The predicted molar refractivity (Wildman–Crippen MR) is 123 cm³/mol. The van der Waals surface area contributed by atoms with Gasteiger partial charge in [0.1, 0.15) is 17.4 Å². The molecular formula is C22H26ClN3O3S2. The molecule has 0 radical (unpaired) electrons. The second kappa shape index (κ2) is 9.37. The van der Waals surface area contributed by atoms with Crippen molar-refractivity contribution in [1.29, 1.82) is 5.26 Å². The molecule has 0 saturated carbocycles. The molecule has 2 unspecified atom stereocenters. The first-order chi connectivity index (χ1) is 14.5. The lowest BCUT2D eigenvalue weighted by atomic mass is 10.1. The van der Waals surface area contributed by atoms with Crippen molar-refractivity contribution in [3.63, 3.8) is 0 Å². The molecule has 1 amide bonds. The van der Waals surface area contributed by atoms with Crippen molar-refractivity contribution < 1.29 is 14.3 Å². The van der Waals surface area contributed by atoms with Crippen molar-refractivity contribution in [3.05, 3.63) is 45.4 Å². The lowest BCUT2D eigenvalue weighted by molar-refractivity contribution is -0.0626. The zero-order valence-electron chi connectivity index (χ0n) is 18.2. The topological polar surface area (TPSA) is 75.5 Å². The van der Waals surface area contributed by atoms with Crippen LogP contribution in [0.25, 0.3) is 0 Å². The molecule has 2 atom stereocenters. The maximum Gasteiger partial charge on any atom is 0.412 e. The molecule has 31 heavy (non-hydrogen) atoms. The Labute approximate surface area is 196 Å². The van der Waals surface area contributed by atoms with Crippen molar-refractivity contribution in [2.24, 2.45) is 0 Å². The molecule has 9 heteroatoms. The van der Waals surface area contributed by atoms with Crippen LogP contribution in [-0.2, 0) is 9.47 Å². The number of halogens is 1. The molecule has 2 heterocycles. The van der Waals surface area contributed by atoms with E-state index >= 15 is 0 Å². The molecule has 2 aromatic rings. The average Bonchev–Trinajstić information content (AvgIpc) is 3.28. The molecular weight excluding hydrogens is 454 g/mol. The van der Waals surface area contributed by atoms with E-state index in [2.05, 4.69) is 11.1 Å². The van der Waals surface area contributed by atoms with Gasteiger partial charge < -0.3 is 9.47 Å². The van der Waals surface area contributed by atoms with Crippen molar-refractivity contribution >= 4 is 40.8 Å². The number of carbonyl (C=O) groups excluding carboxylic acids is 1. The molecule has 0 N–H and O–H groups in total. The van der Waals surface area contributed by atoms with Gasteiger partial charge in [-0.15, -0.1) is 23.1 Å². The Morgan fingerprint density at radius 1 is 1.52 bits per heavy atom. The largest absolute Gasteiger partial charge is 0.444 e. The number of hydrogen-bond acceptors (Lipinski definition) is 7.